The van der Waals surface area contributed by atoms with Gasteiger partial charge in [-0.1, -0.05) is 20.8 Å². The molecule has 0 aliphatic carbocycles. The van der Waals surface area contributed by atoms with Gasteiger partial charge in [-0.3, -0.25) is 9.69 Å². The van der Waals surface area contributed by atoms with E-state index in [1.165, 1.54) is 0 Å². The largest absolute Gasteiger partial charge is 0.480 e. The molecule has 0 aromatic rings. The Morgan fingerprint density at radius 2 is 1.79 bits per heavy atom. The summed E-state index contributed by atoms with van der Waals surface area (Å²) in [6.45, 7) is 12.7. The molecule has 0 fully saturated rings. The monoisotopic (exact) mass is 276 g/mol. The first-order chi connectivity index (χ1) is 8.74. The smallest absolute Gasteiger partial charge is 0.407 e. The van der Waals surface area contributed by atoms with Crippen molar-refractivity contribution < 1.29 is 19.4 Å². The lowest BCUT2D eigenvalue weighted by Gasteiger charge is -2.21. The molecule has 0 heterocycles. The van der Waals surface area contributed by atoms with Gasteiger partial charge in [-0.25, -0.2) is 4.79 Å². The molecule has 0 aromatic heterocycles. The Kier molecular flexibility index (Phi) is 11.2. The second-order valence-corrected chi connectivity index (χ2v) is 4.69. The molecule has 0 aliphatic rings. The van der Waals surface area contributed by atoms with Crippen LogP contribution in [0, 0.1) is 0 Å². The van der Waals surface area contributed by atoms with Crippen molar-refractivity contribution in [2.24, 2.45) is 0 Å². The number of carboxylic acids is 1. The molecule has 0 saturated carbocycles. The highest BCUT2D eigenvalue weighted by Crippen LogP contribution is 2.06. The lowest BCUT2D eigenvalue weighted by Crippen LogP contribution is -2.39. The molecule has 6 heteroatoms. The Bertz CT molecular complexity index is 262. The molecule has 0 rings (SSSR count). The highest BCUT2D eigenvalue weighted by atomic mass is 16.6. The van der Waals surface area contributed by atoms with Gasteiger partial charge in [-0.2, -0.15) is 0 Å². The van der Waals surface area contributed by atoms with Gasteiger partial charge in [0.1, 0.15) is 5.60 Å². The summed E-state index contributed by atoms with van der Waals surface area (Å²) in [5.74, 6) is -0.871. The first kappa shape index (κ1) is 20.0. The van der Waals surface area contributed by atoms with E-state index in [2.05, 4.69) is 5.32 Å². The topological polar surface area (TPSA) is 78.9 Å². The maximum Gasteiger partial charge on any atom is 0.407 e. The SMILES string of the molecule is CC.CCN(CCNC(=O)OC(C)(C)C)CC(=O)O. The Morgan fingerprint density at radius 3 is 2.16 bits per heavy atom. The van der Waals surface area contributed by atoms with Crippen LogP contribution in [0.2, 0.25) is 0 Å². The van der Waals surface area contributed by atoms with Crippen LogP contribution in [0.25, 0.3) is 0 Å². The van der Waals surface area contributed by atoms with Gasteiger partial charge in [0.15, 0.2) is 0 Å². The van der Waals surface area contributed by atoms with E-state index in [0.717, 1.165) is 0 Å². The number of rotatable bonds is 6. The molecule has 114 valence electrons. The summed E-state index contributed by atoms with van der Waals surface area (Å²) in [7, 11) is 0. The fraction of sp³-hybridized carbons (Fsp3) is 0.846. The maximum absolute atomic E-state index is 11.3. The minimum absolute atomic E-state index is 0.0213. The first-order valence-electron chi connectivity index (χ1n) is 6.65. The normalized spacial score (nSPS) is 10.5. The number of ether oxygens (including phenoxy) is 1. The van der Waals surface area contributed by atoms with Crippen molar-refractivity contribution in [3.05, 3.63) is 0 Å². The van der Waals surface area contributed by atoms with Gasteiger partial charge in [0.25, 0.3) is 0 Å². The van der Waals surface area contributed by atoms with Crippen LogP contribution >= 0.6 is 0 Å². The Balaban J connectivity index is 0. The van der Waals surface area contributed by atoms with Crippen molar-refractivity contribution in [1.82, 2.24) is 10.2 Å². The van der Waals surface area contributed by atoms with E-state index in [-0.39, 0.29) is 6.54 Å². The van der Waals surface area contributed by atoms with E-state index < -0.39 is 17.7 Å². The van der Waals surface area contributed by atoms with Crippen molar-refractivity contribution in [2.45, 2.75) is 47.1 Å². The number of aliphatic carboxylic acids is 1. The number of alkyl carbamates (subject to hydrolysis) is 1. The molecular weight excluding hydrogens is 248 g/mol. The van der Waals surface area contributed by atoms with E-state index in [1.807, 2.05) is 20.8 Å². The molecule has 0 spiro atoms. The fourth-order valence-electron chi connectivity index (χ4n) is 1.17. The van der Waals surface area contributed by atoms with Crippen molar-refractivity contribution in [2.75, 3.05) is 26.2 Å². The van der Waals surface area contributed by atoms with Crippen LogP contribution in [0.5, 0.6) is 0 Å². The molecular formula is C13H28N2O4. The van der Waals surface area contributed by atoms with Crippen LogP contribution in [-0.2, 0) is 9.53 Å². The number of hydrogen-bond acceptors (Lipinski definition) is 4. The van der Waals surface area contributed by atoms with Gasteiger partial charge in [0.2, 0.25) is 0 Å². The number of carboxylic acid groups (broad SMARTS) is 1. The highest BCUT2D eigenvalue weighted by molar-refractivity contribution is 5.69. The number of likely N-dealkylation sites (N-methyl/N-ethyl adjacent to an activating group) is 1. The Morgan fingerprint density at radius 1 is 1.26 bits per heavy atom. The first-order valence-corrected chi connectivity index (χ1v) is 6.65. The van der Waals surface area contributed by atoms with Crippen molar-refractivity contribution in [3.8, 4) is 0 Å². The average molecular weight is 276 g/mol. The highest BCUT2D eigenvalue weighted by Gasteiger charge is 2.16. The van der Waals surface area contributed by atoms with E-state index in [1.54, 1.807) is 25.7 Å². The second kappa shape index (κ2) is 10.6. The van der Waals surface area contributed by atoms with Crippen molar-refractivity contribution in [3.63, 3.8) is 0 Å². The molecule has 0 unspecified atom stereocenters. The van der Waals surface area contributed by atoms with Crippen LogP contribution in [0.15, 0.2) is 0 Å². The van der Waals surface area contributed by atoms with Gasteiger partial charge in [-0.15, -0.1) is 0 Å². The van der Waals surface area contributed by atoms with Gasteiger partial charge < -0.3 is 15.2 Å². The lowest BCUT2D eigenvalue weighted by atomic mass is 10.2. The minimum atomic E-state index is -0.871. The zero-order valence-electron chi connectivity index (χ0n) is 12.9. The average Bonchev–Trinajstić information content (AvgIpc) is 2.27. The molecule has 0 atom stereocenters. The summed E-state index contributed by atoms with van der Waals surface area (Å²) in [4.78, 5) is 23.5. The lowest BCUT2D eigenvalue weighted by molar-refractivity contribution is -0.138. The Hall–Kier alpha value is -1.30. The van der Waals surface area contributed by atoms with Crippen LogP contribution in [0.4, 0.5) is 4.79 Å². The van der Waals surface area contributed by atoms with Crippen LogP contribution in [0.1, 0.15) is 41.5 Å². The van der Waals surface area contributed by atoms with Crippen LogP contribution in [-0.4, -0.2) is 53.8 Å². The zero-order valence-corrected chi connectivity index (χ0v) is 12.9. The number of carbonyl (C=O) groups is 2. The maximum atomic E-state index is 11.3. The standard InChI is InChI=1S/C11H22N2O4.C2H6/c1-5-13(8-9(14)15)7-6-12-10(16)17-11(2,3)4;1-2/h5-8H2,1-4H3,(H,12,16)(H,14,15);1-2H3. The summed E-state index contributed by atoms with van der Waals surface area (Å²) in [6, 6.07) is 0. The fourth-order valence-corrected chi connectivity index (χ4v) is 1.17. The molecule has 0 saturated heterocycles. The molecule has 0 bridgehead atoms. The summed E-state index contributed by atoms with van der Waals surface area (Å²) >= 11 is 0. The molecule has 6 nitrogen and oxygen atoms in total. The van der Waals surface area contributed by atoms with Crippen molar-refractivity contribution >= 4 is 12.1 Å². The van der Waals surface area contributed by atoms with Gasteiger partial charge >= 0.3 is 12.1 Å². The summed E-state index contributed by atoms with van der Waals surface area (Å²) < 4.78 is 5.05. The molecule has 1 amide bonds. The van der Waals surface area contributed by atoms with E-state index in [0.29, 0.717) is 19.6 Å². The second-order valence-electron chi connectivity index (χ2n) is 4.69. The zero-order chi connectivity index (χ0) is 15.5. The molecule has 0 radical (unpaired) electrons. The summed E-state index contributed by atoms with van der Waals surface area (Å²) in [5, 5.41) is 11.2. The number of nitrogens with one attached hydrogen (secondary N) is 1. The number of amides is 1. The van der Waals surface area contributed by atoms with Gasteiger partial charge in [0, 0.05) is 13.1 Å². The predicted molar refractivity (Wildman–Crippen MR) is 75.3 cm³/mol. The third-order valence-corrected chi connectivity index (χ3v) is 1.90. The van der Waals surface area contributed by atoms with E-state index >= 15 is 0 Å². The van der Waals surface area contributed by atoms with Crippen LogP contribution in [0.3, 0.4) is 0 Å². The molecule has 0 aromatic carbocycles. The van der Waals surface area contributed by atoms with Gasteiger partial charge in [0.05, 0.1) is 6.54 Å². The van der Waals surface area contributed by atoms with Crippen molar-refractivity contribution in [1.29, 1.82) is 0 Å². The third-order valence-electron chi connectivity index (χ3n) is 1.90. The summed E-state index contributed by atoms with van der Waals surface area (Å²) in [5.41, 5.74) is -0.518. The predicted octanol–water partition coefficient (Wildman–Crippen LogP) is 1.94. The Labute approximate surface area is 116 Å². The summed E-state index contributed by atoms with van der Waals surface area (Å²) in [6.07, 6.45) is -0.483. The molecule has 2 N–H and O–H groups in total. The van der Waals surface area contributed by atoms with Crippen LogP contribution < -0.4 is 5.32 Å². The minimum Gasteiger partial charge on any atom is -0.480 e. The number of nitrogens with zero attached hydrogens (tertiary/aromatic N) is 1. The van der Waals surface area contributed by atoms with E-state index in [4.69, 9.17) is 9.84 Å². The number of carbonyl (C=O) groups excluding carboxylic acids is 1. The van der Waals surface area contributed by atoms with Gasteiger partial charge in [-0.05, 0) is 27.3 Å². The number of hydrogen-bond donors (Lipinski definition) is 2. The van der Waals surface area contributed by atoms with E-state index in [9.17, 15) is 9.59 Å². The quantitative estimate of drug-likeness (QED) is 0.775. The third kappa shape index (κ3) is 14.6. The molecule has 19 heavy (non-hydrogen) atoms. The molecule has 0 aliphatic heterocycles.